The molecule has 2 N–H and O–H groups in total. The second-order valence-corrected chi connectivity index (χ2v) is 4.97. The van der Waals surface area contributed by atoms with Gasteiger partial charge in [-0.3, -0.25) is 0 Å². The van der Waals surface area contributed by atoms with Crippen LogP contribution in [0.2, 0.25) is 5.02 Å². The van der Waals surface area contributed by atoms with Crippen molar-refractivity contribution in [3.63, 3.8) is 0 Å². The van der Waals surface area contributed by atoms with E-state index in [9.17, 15) is 5.11 Å². The number of nitrogens with one attached hydrogen (secondary N) is 1. The fourth-order valence-electron chi connectivity index (χ4n) is 2.13. The van der Waals surface area contributed by atoms with Crippen molar-refractivity contribution in [2.45, 2.75) is 19.4 Å². The van der Waals surface area contributed by atoms with Gasteiger partial charge in [-0.05, 0) is 37.6 Å². The molecule has 94 valence electrons. The van der Waals surface area contributed by atoms with Crippen molar-refractivity contribution in [3.8, 4) is 0 Å². The summed E-state index contributed by atoms with van der Waals surface area (Å²) in [5.41, 5.74) is 2.24. The van der Waals surface area contributed by atoms with Crippen LogP contribution in [0.1, 0.15) is 12.0 Å². The number of aryl methyl sites for hydroxylation is 1. The highest BCUT2D eigenvalue weighted by atomic mass is 35.5. The lowest BCUT2D eigenvalue weighted by Gasteiger charge is -2.26. The fraction of sp³-hybridized carbons (Fsp3) is 0.538. The Morgan fingerprint density at radius 3 is 3.06 bits per heavy atom. The number of nitrogens with zero attached hydrogens (tertiary/aromatic N) is 1. The fourth-order valence-corrected chi connectivity index (χ4v) is 2.31. The molecule has 1 aromatic carbocycles. The lowest BCUT2D eigenvalue weighted by Crippen LogP contribution is -2.40. The van der Waals surface area contributed by atoms with Crippen molar-refractivity contribution < 1.29 is 5.11 Å². The summed E-state index contributed by atoms with van der Waals surface area (Å²) in [7, 11) is 0. The number of aliphatic hydroxyl groups is 1. The number of aliphatic hydroxyl groups excluding tert-OH is 1. The van der Waals surface area contributed by atoms with Crippen LogP contribution in [0.15, 0.2) is 18.2 Å². The van der Waals surface area contributed by atoms with Gasteiger partial charge in [0.05, 0.1) is 6.61 Å². The topological polar surface area (TPSA) is 35.5 Å². The van der Waals surface area contributed by atoms with Gasteiger partial charge in [0, 0.05) is 29.8 Å². The third kappa shape index (κ3) is 3.12. The molecule has 4 heteroatoms. The van der Waals surface area contributed by atoms with E-state index in [1.54, 1.807) is 0 Å². The SMILES string of the molecule is Cc1ccc(N2CCCNC(CO)C2)cc1Cl. The average Bonchev–Trinajstić information content (AvgIpc) is 2.58. The number of hydrogen-bond donors (Lipinski definition) is 2. The van der Waals surface area contributed by atoms with Crippen molar-refractivity contribution in [1.82, 2.24) is 5.32 Å². The molecule has 1 aromatic rings. The summed E-state index contributed by atoms with van der Waals surface area (Å²) < 4.78 is 0. The number of anilines is 1. The molecule has 0 aromatic heterocycles. The van der Waals surface area contributed by atoms with Crippen LogP contribution in [-0.4, -0.2) is 37.4 Å². The molecule has 17 heavy (non-hydrogen) atoms. The van der Waals surface area contributed by atoms with E-state index >= 15 is 0 Å². The third-order valence-corrected chi connectivity index (χ3v) is 3.63. The maximum Gasteiger partial charge on any atom is 0.0601 e. The van der Waals surface area contributed by atoms with Gasteiger partial charge in [-0.15, -0.1) is 0 Å². The molecule has 0 saturated carbocycles. The van der Waals surface area contributed by atoms with Crippen molar-refractivity contribution in [2.75, 3.05) is 31.1 Å². The third-order valence-electron chi connectivity index (χ3n) is 3.22. The molecule has 3 nitrogen and oxygen atoms in total. The average molecular weight is 255 g/mol. The Bertz CT molecular complexity index is 384. The quantitative estimate of drug-likeness (QED) is 0.845. The van der Waals surface area contributed by atoms with Crippen molar-refractivity contribution in [1.29, 1.82) is 0 Å². The summed E-state index contributed by atoms with van der Waals surface area (Å²) in [6, 6.07) is 6.30. The van der Waals surface area contributed by atoms with E-state index in [4.69, 9.17) is 11.6 Å². The molecule has 1 atom stereocenters. The van der Waals surface area contributed by atoms with Gasteiger partial charge in [0.1, 0.15) is 0 Å². The van der Waals surface area contributed by atoms with Gasteiger partial charge in [-0.25, -0.2) is 0 Å². The number of halogens is 1. The zero-order chi connectivity index (χ0) is 12.3. The van der Waals surface area contributed by atoms with Crippen LogP contribution in [0.4, 0.5) is 5.69 Å². The Kier molecular flexibility index (Phi) is 4.26. The molecular formula is C13H19ClN2O. The summed E-state index contributed by atoms with van der Waals surface area (Å²) >= 11 is 6.15. The Morgan fingerprint density at radius 2 is 2.35 bits per heavy atom. The monoisotopic (exact) mass is 254 g/mol. The normalized spacial score (nSPS) is 21.4. The highest BCUT2D eigenvalue weighted by molar-refractivity contribution is 6.31. The van der Waals surface area contributed by atoms with E-state index in [0.717, 1.165) is 42.3 Å². The zero-order valence-corrected chi connectivity index (χ0v) is 10.9. The Labute approximate surface area is 107 Å². The number of benzene rings is 1. The zero-order valence-electron chi connectivity index (χ0n) is 10.1. The highest BCUT2D eigenvalue weighted by Gasteiger charge is 2.17. The van der Waals surface area contributed by atoms with Crippen LogP contribution in [0.3, 0.4) is 0 Å². The molecule has 0 amide bonds. The van der Waals surface area contributed by atoms with Crippen LogP contribution in [0.25, 0.3) is 0 Å². The van der Waals surface area contributed by atoms with Crippen LogP contribution in [0.5, 0.6) is 0 Å². The first kappa shape index (κ1) is 12.7. The van der Waals surface area contributed by atoms with E-state index in [0.29, 0.717) is 0 Å². The minimum absolute atomic E-state index is 0.151. The molecule has 1 aliphatic heterocycles. The molecule has 1 fully saturated rings. The molecule has 1 aliphatic rings. The van der Waals surface area contributed by atoms with Crippen LogP contribution in [-0.2, 0) is 0 Å². The second kappa shape index (κ2) is 5.71. The van der Waals surface area contributed by atoms with E-state index in [-0.39, 0.29) is 12.6 Å². The van der Waals surface area contributed by atoms with Gasteiger partial charge in [0.25, 0.3) is 0 Å². The molecule has 1 saturated heterocycles. The van der Waals surface area contributed by atoms with E-state index in [2.05, 4.69) is 16.3 Å². The van der Waals surface area contributed by atoms with Crippen molar-refractivity contribution in [3.05, 3.63) is 28.8 Å². The molecule has 1 unspecified atom stereocenters. The minimum atomic E-state index is 0.151. The second-order valence-electron chi connectivity index (χ2n) is 4.57. The Morgan fingerprint density at radius 1 is 1.53 bits per heavy atom. The summed E-state index contributed by atoms with van der Waals surface area (Å²) in [5.74, 6) is 0. The summed E-state index contributed by atoms with van der Waals surface area (Å²) in [5, 5.41) is 13.4. The lowest BCUT2D eigenvalue weighted by atomic mass is 10.2. The first-order valence-corrected chi connectivity index (χ1v) is 6.44. The molecule has 0 radical (unpaired) electrons. The van der Waals surface area contributed by atoms with Crippen molar-refractivity contribution in [2.24, 2.45) is 0 Å². The van der Waals surface area contributed by atoms with Gasteiger partial charge in [0.15, 0.2) is 0 Å². The van der Waals surface area contributed by atoms with Gasteiger partial charge in [-0.1, -0.05) is 17.7 Å². The maximum atomic E-state index is 9.26. The summed E-state index contributed by atoms with van der Waals surface area (Å²) in [6.07, 6.45) is 1.09. The highest BCUT2D eigenvalue weighted by Crippen LogP contribution is 2.24. The van der Waals surface area contributed by atoms with Gasteiger partial charge in [-0.2, -0.15) is 0 Å². The van der Waals surface area contributed by atoms with Crippen LogP contribution < -0.4 is 10.2 Å². The molecule has 0 spiro atoms. The molecule has 0 bridgehead atoms. The standard InChI is InChI=1S/C13H19ClN2O/c1-10-3-4-12(7-13(10)14)16-6-2-5-15-11(8-16)9-17/h3-4,7,11,15,17H,2,5-6,8-9H2,1H3. The first-order valence-electron chi connectivity index (χ1n) is 6.06. The molecule has 0 aliphatic carbocycles. The maximum absolute atomic E-state index is 9.26. The number of hydrogen-bond acceptors (Lipinski definition) is 3. The molecule has 2 rings (SSSR count). The van der Waals surface area contributed by atoms with E-state index < -0.39 is 0 Å². The lowest BCUT2D eigenvalue weighted by molar-refractivity contribution is 0.248. The first-order chi connectivity index (χ1) is 8.20. The smallest absolute Gasteiger partial charge is 0.0601 e. The van der Waals surface area contributed by atoms with Crippen LogP contribution >= 0.6 is 11.6 Å². The Balaban J connectivity index is 2.16. The van der Waals surface area contributed by atoms with Gasteiger partial charge >= 0.3 is 0 Å². The van der Waals surface area contributed by atoms with Gasteiger partial charge < -0.3 is 15.3 Å². The summed E-state index contributed by atoms with van der Waals surface area (Å²) in [4.78, 5) is 2.28. The van der Waals surface area contributed by atoms with E-state index in [1.165, 1.54) is 0 Å². The van der Waals surface area contributed by atoms with Crippen LogP contribution in [0, 0.1) is 6.92 Å². The molecular weight excluding hydrogens is 236 g/mol. The minimum Gasteiger partial charge on any atom is -0.395 e. The predicted octanol–water partition coefficient (Wildman–Crippen LogP) is 1.81. The summed E-state index contributed by atoms with van der Waals surface area (Å²) in [6.45, 7) is 4.98. The van der Waals surface area contributed by atoms with Crippen molar-refractivity contribution >= 4 is 17.3 Å². The molecule has 1 heterocycles. The predicted molar refractivity (Wildman–Crippen MR) is 71.9 cm³/mol. The largest absolute Gasteiger partial charge is 0.395 e. The van der Waals surface area contributed by atoms with E-state index in [1.807, 2.05) is 19.1 Å². The number of rotatable bonds is 2. The Hall–Kier alpha value is -0.770. The van der Waals surface area contributed by atoms with Gasteiger partial charge in [0.2, 0.25) is 0 Å².